The van der Waals surface area contributed by atoms with E-state index in [1.165, 1.54) is 26.6 Å². The first-order valence-electron chi connectivity index (χ1n) is 6.24. The van der Waals surface area contributed by atoms with Gasteiger partial charge in [0, 0.05) is 24.0 Å². The van der Waals surface area contributed by atoms with Crippen molar-refractivity contribution in [2.45, 2.75) is 6.92 Å². The van der Waals surface area contributed by atoms with Gasteiger partial charge in [0.1, 0.15) is 10.8 Å². The van der Waals surface area contributed by atoms with Crippen LogP contribution >= 0.6 is 11.6 Å². The zero-order valence-corrected chi connectivity index (χ0v) is 12.9. The van der Waals surface area contributed by atoms with E-state index in [0.29, 0.717) is 10.7 Å². The van der Waals surface area contributed by atoms with Crippen molar-refractivity contribution in [3.8, 4) is 11.5 Å². The molecule has 0 N–H and O–H groups in total. The van der Waals surface area contributed by atoms with Gasteiger partial charge in [-0.05, 0) is 18.6 Å². The van der Waals surface area contributed by atoms with E-state index in [-0.39, 0.29) is 11.5 Å². The highest BCUT2D eigenvalue weighted by Crippen LogP contribution is 2.36. The molecule has 0 aliphatic carbocycles. The second-order valence-corrected chi connectivity index (χ2v) is 4.77. The number of nitrogens with zero attached hydrogens (tertiary/aromatic N) is 2. The molecule has 1 aromatic heterocycles. The summed E-state index contributed by atoms with van der Waals surface area (Å²) in [4.78, 5) is 7.77. The lowest BCUT2D eigenvalue weighted by Gasteiger charge is -2.09. The Kier molecular flexibility index (Phi) is 4.92. The summed E-state index contributed by atoms with van der Waals surface area (Å²) in [6.45, 7) is 1.79. The number of benzene rings is 1. The molecule has 1 aromatic carbocycles. The summed E-state index contributed by atoms with van der Waals surface area (Å²) in [7, 11) is 2.55. The average molecular weight is 327 g/mol. The quantitative estimate of drug-likeness (QED) is 0.628. The van der Waals surface area contributed by atoms with Crippen molar-refractivity contribution in [1.82, 2.24) is 4.98 Å². The van der Waals surface area contributed by atoms with Gasteiger partial charge in [0.25, 0.3) is 0 Å². The predicted molar refractivity (Wildman–Crippen MR) is 80.7 cm³/mol. The van der Waals surface area contributed by atoms with Crippen LogP contribution in [0.4, 0.5) is 14.5 Å². The number of ether oxygens (including phenoxy) is 2. The number of hydrogen-bond acceptors (Lipinski definition) is 4. The van der Waals surface area contributed by atoms with Gasteiger partial charge in [-0.1, -0.05) is 11.6 Å². The van der Waals surface area contributed by atoms with Crippen molar-refractivity contribution in [1.29, 1.82) is 0 Å². The number of hydrogen-bond donors (Lipinski definition) is 0. The second-order valence-electron chi connectivity index (χ2n) is 4.38. The third-order valence-corrected chi connectivity index (χ3v) is 3.21. The molecule has 116 valence electrons. The van der Waals surface area contributed by atoms with E-state index >= 15 is 0 Å². The molecule has 0 unspecified atom stereocenters. The SMILES string of the molecule is COc1cc(OC)c(F)c(N=Cc2cnc(Cl)cc2C)c1F. The van der Waals surface area contributed by atoms with Gasteiger partial charge in [-0.15, -0.1) is 0 Å². The maximum absolute atomic E-state index is 14.1. The van der Waals surface area contributed by atoms with E-state index < -0.39 is 17.3 Å². The number of halogens is 3. The van der Waals surface area contributed by atoms with Gasteiger partial charge >= 0.3 is 0 Å². The Morgan fingerprint density at radius 2 is 1.73 bits per heavy atom. The average Bonchev–Trinajstić information content (AvgIpc) is 2.49. The molecule has 0 saturated carbocycles. The van der Waals surface area contributed by atoms with Crippen molar-refractivity contribution < 1.29 is 18.3 Å². The summed E-state index contributed by atoms with van der Waals surface area (Å²) in [6.07, 6.45) is 2.77. The number of methoxy groups -OCH3 is 2. The highest BCUT2D eigenvalue weighted by molar-refractivity contribution is 6.29. The van der Waals surface area contributed by atoms with Crippen molar-refractivity contribution in [3.05, 3.63) is 46.2 Å². The third kappa shape index (κ3) is 3.17. The summed E-state index contributed by atoms with van der Waals surface area (Å²) in [5.74, 6) is -2.12. The zero-order valence-electron chi connectivity index (χ0n) is 12.2. The highest BCUT2D eigenvalue weighted by Gasteiger charge is 2.19. The predicted octanol–water partition coefficient (Wildman–Crippen LogP) is 4.09. The summed E-state index contributed by atoms with van der Waals surface area (Å²) in [5, 5.41) is 0.329. The van der Waals surface area contributed by atoms with Crippen LogP contribution in [0.1, 0.15) is 11.1 Å². The first-order valence-corrected chi connectivity index (χ1v) is 6.62. The van der Waals surface area contributed by atoms with Crippen molar-refractivity contribution >= 4 is 23.5 Å². The smallest absolute Gasteiger partial charge is 0.193 e. The molecule has 0 radical (unpaired) electrons. The van der Waals surface area contributed by atoms with Crippen LogP contribution in [0.5, 0.6) is 11.5 Å². The summed E-state index contributed by atoms with van der Waals surface area (Å²) in [6, 6.07) is 2.75. The van der Waals surface area contributed by atoms with Crippen LogP contribution in [0.3, 0.4) is 0 Å². The van der Waals surface area contributed by atoms with E-state index in [1.54, 1.807) is 13.0 Å². The molecule has 0 aliphatic rings. The fourth-order valence-corrected chi connectivity index (χ4v) is 2.00. The Bertz CT molecular complexity index is 708. The molecule has 0 bridgehead atoms. The van der Waals surface area contributed by atoms with Crippen molar-refractivity contribution in [3.63, 3.8) is 0 Å². The molecule has 0 amide bonds. The van der Waals surface area contributed by atoms with Gasteiger partial charge in [0.2, 0.25) is 0 Å². The molecule has 4 nitrogen and oxygen atoms in total. The van der Waals surface area contributed by atoms with Crippen molar-refractivity contribution in [2.24, 2.45) is 4.99 Å². The summed E-state index contributed by atoms with van der Waals surface area (Å²) in [5.41, 5.74) is 0.870. The van der Waals surface area contributed by atoms with E-state index in [9.17, 15) is 8.78 Å². The molecule has 1 heterocycles. The number of rotatable bonds is 4. The molecule has 0 spiro atoms. The Balaban J connectivity index is 2.50. The van der Waals surface area contributed by atoms with Gasteiger partial charge in [-0.3, -0.25) is 0 Å². The lowest BCUT2D eigenvalue weighted by Crippen LogP contribution is -1.96. The van der Waals surface area contributed by atoms with Gasteiger partial charge in [0.15, 0.2) is 23.1 Å². The Labute approximate surface area is 131 Å². The van der Waals surface area contributed by atoms with Crippen LogP contribution in [0.2, 0.25) is 5.15 Å². The van der Waals surface area contributed by atoms with Crippen LogP contribution in [0.25, 0.3) is 0 Å². The Morgan fingerprint density at radius 3 is 2.23 bits per heavy atom. The molecule has 7 heteroatoms. The molecular formula is C15H13ClF2N2O2. The largest absolute Gasteiger partial charge is 0.493 e. The minimum atomic E-state index is -0.906. The number of aliphatic imine (C=N–C) groups is 1. The van der Waals surface area contributed by atoms with Gasteiger partial charge in [0.05, 0.1) is 14.2 Å². The maximum Gasteiger partial charge on any atom is 0.193 e. The first kappa shape index (κ1) is 16.2. The van der Waals surface area contributed by atoms with Gasteiger partial charge in [-0.2, -0.15) is 0 Å². The highest BCUT2D eigenvalue weighted by atomic mass is 35.5. The monoisotopic (exact) mass is 326 g/mol. The summed E-state index contributed by atoms with van der Waals surface area (Å²) < 4.78 is 38.0. The van der Waals surface area contributed by atoms with Gasteiger partial charge < -0.3 is 9.47 Å². The lowest BCUT2D eigenvalue weighted by molar-refractivity contribution is 0.359. The molecule has 2 rings (SSSR count). The topological polar surface area (TPSA) is 43.7 Å². The van der Waals surface area contributed by atoms with Crippen LogP contribution in [0.15, 0.2) is 23.3 Å². The molecule has 22 heavy (non-hydrogen) atoms. The fourth-order valence-electron chi connectivity index (χ4n) is 1.79. The standard InChI is InChI=1S/C15H13ClF2N2O2/c1-8-4-12(16)19-6-9(8)7-20-15-13(17)10(21-2)5-11(22-3)14(15)18/h4-7H,1-3H3. The molecule has 0 atom stereocenters. The second kappa shape index (κ2) is 6.70. The van der Waals surface area contributed by atoms with E-state index in [2.05, 4.69) is 9.98 Å². The summed E-state index contributed by atoms with van der Waals surface area (Å²) >= 11 is 5.76. The number of aryl methyl sites for hydroxylation is 1. The van der Waals surface area contributed by atoms with Gasteiger partial charge in [-0.25, -0.2) is 18.8 Å². The van der Waals surface area contributed by atoms with Crippen LogP contribution in [-0.4, -0.2) is 25.4 Å². The van der Waals surface area contributed by atoms with E-state index in [0.717, 1.165) is 11.6 Å². The zero-order chi connectivity index (χ0) is 16.3. The Hall–Kier alpha value is -2.21. The molecule has 0 fully saturated rings. The van der Waals surface area contributed by atoms with E-state index in [4.69, 9.17) is 21.1 Å². The molecule has 2 aromatic rings. The normalized spacial score (nSPS) is 11.0. The maximum atomic E-state index is 14.1. The van der Waals surface area contributed by atoms with Crippen molar-refractivity contribution in [2.75, 3.05) is 14.2 Å². The van der Waals surface area contributed by atoms with Crippen LogP contribution in [0, 0.1) is 18.6 Å². The lowest BCUT2D eigenvalue weighted by atomic mass is 10.2. The minimum absolute atomic E-state index is 0.156. The minimum Gasteiger partial charge on any atom is -0.493 e. The molecule has 0 aliphatic heterocycles. The number of aromatic nitrogens is 1. The van der Waals surface area contributed by atoms with Crippen LogP contribution in [-0.2, 0) is 0 Å². The van der Waals surface area contributed by atoms with E-state index in [1.807, 2.05) is 0 Å². The first-order chi connectivity index (χ1) is 10.5. The van der Waals surface area contributed by atoms with Crippen LogP contribution < -0.4 is 9.47 Å². The third-order valence-electron chi connectivity index (χ3n) is 3.00. The Morgan fingerprint density at radius 1 is 1.14 bits per heavy atom. The fraction of sp³-hybridized carbons (Fsp3) is 0.200. The molecule has 0 saturated heterocycles. The molecular weight excluding hydrogens is 314 g/mol. The number of pyridine rings is 1.